The number of rotatable bonds is 5. The third-order valence-corrected chi connectivity index (χ3v) is 6.08. The number of benzene rings is 2. The summed E-state index contributed by atoms with van der Waals surface area (Å²) in [5.41, 5.74) is 2.89. The monoisotopic (exact) mass is 460 g/mol. The van der Waals surface area contributed by atoms with E-state index in [0.29, 0.717) is 32.6 Å². The second-order valence-corrected chi connectivity index (χ2v) is 8.84. The first-order valence-corrected chi connectivity index (χ1v) is 11.6. The quantitative estimate of drug-likeness (QED) is 0.425. The van der Waals surface area contributed by atoms with Gasteiger partial charge in [-0.15, -0.1) is 11.6 Å². The van der Waals surface area contributed by atoms with Gasteiger partial charge in [0.25, 0.3) is 0 Å². The Labute approximate surface area is 197 Å². The Morgan fingerprint density at radius 2 is 1.64 bits per heavy atom. The number of amides is 1. The average Bonchev–Trinajstić information content (AvgIpc) is 3.28. The zero-order valence-corrected chi connectivity index (χ0v) is 19.2. The molecule has 168 valence electrons. The van der Waals surface area contributed by atoms with Gasteiger partial charge in [-0.2, -0.15) is 5.10 Å². The number of nitrogens with zero attached hydrogens (tertiary/aromatic N) is 6. The number of para-hydroxylation sites is 1. The van der Waals surface area contributed by atoms with Crippen LogP contribution in [0.2, 0.25) is 0 Å². The molecule has 33 heavy (non-hydrogen) atoms. The van der Waals surface area contributed by atoms with Crippen molar-refractivity contribution < 1.29 is 4.79 Å². The number of aromatic nitrogens is 4. The standard InChI is InChI=1S/C25H25ClN6O/c1-18(26)25(33)31-14-12-30(13-15-31)23-21-17-27-32(20-10-6-3-7-11-20)24(21)29-22(28-23)16-19-8-4-2-5-9-19/h2-11,17-18H,12-16H2,1H3/t18-/m0/s1. The normalized spacial score (nSPS) is 15.1. The van der Waals surface area contributed by atoms with E-state index in [2.05, 4.69) is 22.1 Å². The van der Waals surface area contributed by atoms with Crippen LogP contribution in [0.5, 0.6) is 0 Å². The van der Waals surface area contributed by atoms with Crippen molar-refractivity contribution in [3.63, 3.8) is 0 Å². The van der Waals surface area contributed by atoms with E-state index in [1.54, 1.807) is 6.92 Å². The summed E-state index contributed by atoms with van der Waals surface area (Å²) in [6.45, 7) is 4.31. The van der Waals surface area contributed by atoms with Gasteiger partial charge in [0.15, 0.2) is 5.65 Å². The highest BCUT2D eigenvalue weighted by molar-refractivity contribution is 6.30. The maximum Gasteiger partial charge on any atom is 0.240 e. The van der Waals surface area contributed by atoms with Gasteiger partial charge < -0.3 is 9.80 Å². The summed E-state index contributed by atoms with van der Waals surface area (Å²) in [5.74, 6) is 1.58. The third kappa shape index (κ3) is 4.41. The maximum atomic E-state index is 12.3. The fraction of sp³-hybridized carbons (Fsp3) is 0.280. The summed E-state index contributed by atoms with van der Waals surface area (Å²) in [5, 5.41) is 5.03. The van der Waals surface area contributed by atoms with Gasteiger partial charge in [0, 0.05) is 32.6 Å². The largest absolute Gasteiger partial charge is 0.352 e. The summed E-state index contributed by atoms with van der Waals surface area (Å²) >= 11 is 6.02. The molecule has 8 heteroatoms. The minimum Gasteiger partial charge on any atom is -0.352 e. The van der Waals surface area contributed by atoms with Crippen molar-refractivity contribution >= 4 is 34.4 Å². The Kier molecular flexibility index (Phi) is 5.96. The van der Waals surface area contributed by atoms with Crippen molar-refractivity contribution in [2.24, 2.45) is 0 Å². The second-order valence-electron chi connectivity index (χ2n) is 8.18. The maximum absolute atomic E-state index is 12.3. The van der Waals surface area contributed by atoms with E-state index < -0.39 is 5.38 Å². The van der Waals surface area contributed by atoms with E-state index in [1.165, 1.54) is 0 Å². The minimum absolute atomic E-state index is 0.0224. The molecular formula is C25H25ClN6O. The van der Waals surface area contributed by atoms with Crippen molar-refractivity contribution in [1.29, 1.82) is 0 Å². The molecule has 0 radical (unpaired) electrons. The molecule has 0 unspecified atom stereocenters. The molecule has 1 amide bonds. The Morgan fingerprint density at radius 1 is 0.970 bits per heavy atom. The van der Waals surface area contributed by atoms with E-state index in [4.69, 9.17) is 21.6 Å². The number of halogens is 1. The molecule has 5 rings (SSSR count). The number of carbonyl (C=O) groups is 1. The molecule has 7 nitrogen and oxygen atoms in total. The molecule has 0 spiro atoms. The summed E-state index contributed by atoms with van der Waals surface area (Å²) in [4.78, 5) is 26.2. The lowest BCUT2D eigenvalue weighted by Gasteiger charge is -2.36. The molecule has 2 aromatic heterocycles. The molecule has 4 aromatic rings. The van der Waals surface area contributed by atoms with E-state index in [1.807, 2.05) is 64.3 Å². The molecule has 3 heterocycles. The van der Waals surface area contributed by atoms with Crippen molar-refractivity contribution in [2.75, 3.05) is 31.1 Å². The molecule has 0 N–H and O–H groups in total. The number of piperazine rings is 1. The van der Waals surface area contributed by atoms with Gasteiger partial charge in [0.2, 0.25) is 5.91 Å². The molecular weight excluding hydrogens is 436 g/mol. The van der Waals surface area contributed by atoms with Gasteiger partial charge in [-0.25, -0.2) is 14.6 Å². The van der Waals surface area contributed by atoms with Crippen molar-refractivity contribution in [3.8, 4) is 5.69 Å². The lowest BCUT2D eigenvalue weighted by atomic mass is 10.1. The summed E-state index contributed by atoms with van der Waals surface area (Å²) in [6, 6.07) is 20.2. The van der Waals surface area contributed by atoms with Crippen LogP contribution in [0.3, 0.4) is 0 Å². The Hall–Kier alpha value is -3.45. The number of fused-ring (bicyclic) bond motifs is 1. The molecule has 1 atom stereocenters. The molecule has 0 bridgehead atoms. The van der Waals surface area contributed by atoms with Crippen LogP contribution < -0.4 is 4.90 Å². The third-order valence-electron chi connectivity index (χ3n) is 5.89. The van der Waals surface area contributed by atoms with Gasteiger partial charge in [0.05, 0.1) is 17.3 Å². The van der Waals surface area contributed by atoms with E-state index in [0.717, 1.165) is 33.9 Å². The molecule has 1 aliphatic rings. The number of hydrogen-bond donors (Lipinski definition) is 0. The molecule has 1 fully saturated rings. The molecule has 1 aliphatic heterocycles. The van der Waals surface area contributed by atoms with E-state index in [-0.39, 0.29) is 5.91 Å². The van der Waals surface area contributed by atoms with Crippen LogP contribution in [-0.4, -0.2) is 62.1 Å². The topological polar surface area (TPSA) is 67.2 Å². The SMILES string of the molecule is C[C@H](Cl)C(=O)N1CCN(c2nc(Cc3ccccc3)nc3c2cnn3-c2ccccc2)CC1. The predicted octanol–water partition coefficient (Wildman–Crippen LogP) is 3.68. The van der Waals surface area contributed by atoms with Gasteiger partial charge in [-0.3, -0.25) is 4.79 Å². The van der Waals surface area contributed by atoms with Gasteiger partial charge in [-0.05, 0) is 24.6 Å². The number of carbonyl (C=O) groups excluding carboxylic acids is 1. The summed E-state index contributed by atoms with van der Waals surface area (Å²) in [6.07, 6.45) is 2.47. The van der Waals surface area contributed by atoms with Crippen LogP contribution in [0, 0.1) is 0 Å². The van der Waals surface area contributed by atoms with Crippen LogP contribution in [0.4, 0.5) is 5.82 Å². The first-order valence-electron chi connectivity index (χ1n) is 11.1. The highest BCUT2D eigenvalue weighted by Gasteiger charge is 2.26. The van der Waals surface area contributed by atoms with Crippen molar-refractivity contribution in [1.82, 2.24) is 24.6 Å². The summed E-state index contributed by atoms with van der Waals surface area (Å²) in [7, 11) is 0. The van der Waals surface area contributed by atoms with Crippen molar-refractivity contribution in [3.05, 3.63) is 78.2 Å². The smallest absolute Gasteiger partial charge is 0.240 e. The number of alkyl halides is 1. The molecule has 0 aliphatic carbocycles. The minimum atomic E-state index is -0.510. The first kappa shape index (κ1) is 21.4. The number of hydrogen-bond acceptors (Lipinski definition) is 5. The molecule has 0 saturated carbocycles. The van der Waals surface area contributed by atoms with Crippen LogP contribution in [0.15, 0.2) is 66.9 Å². The average molecular weight is 461 g/mol. The zero-order chi connectivity index (χ0) is 22.8. The fourth-order valence-electron chi connectivity index (χ4n) is 4.18. The number of anilines is 1. The van der Waals surface area contributed by atoms with E-state index in [9.17, 15) is 4.79 Å². The van der Waals surface area contributed by atoms with Crippen LogP contribution in [0.1, 0.15) is 18.3 Å². The molecule has 2 aromatic carbocycles. The lowest BCUT2D eigenvalue weighted by molar-refractivity contribution is -0.130. The highest BCUT2D eigenvalue weighted by Crippen LogP contribution is 2.27. The first-order chi connectivity index (χ1) is 16.1. The second kappa shape index (κ2) is 9.19. The van der Waals surface area contributed by atoms with Crippen LogP contribution >= 0.6 is 11.6 Å². The Bertz CT molecular complexity index is 1250. The van der Waals surface area contributed by atoms with Crippen LogP contribution in [0.25, 0.3) is 16.7 Å². The fourth-order valence-corrected chi connectivity index (χ4v) is 4.32. The summed E-state index contributed by atoms with van der Waals surface area (Å²) < 4.78 is 1.87. The predicted molar refractivity (Wildman–Crippen MR) is 130 cm³/mol. The zero-order valence-electron chi connectivity index (χ0n) is 18.4. The van der Waals surface area contributed by atoms with Gasteiger partial charge in [0.1, 0.15) is 17.0 Å². The highest BCUT2D eigenvalue weighted by atomic mass is 35.5. The van der Waals surface area contributed by atoms with Crippen LogP contribution in [-0.2, 0) is 11.2 Å². The van der Waals surface area contributed by atoms with Crippen molar-refractivity contribution in [2.45, 2.75) is 18.7 Å². The Morgan fingerprint density at radius 3 is 2.30 bits per heavy atom. The van der Waals surface area contributed by atoms with E-state index >= 15 is 0 Å². The molecule has 1 saturated heterocycles. The lowest BCUT2D eigenvalue weighted by Crippen LogP contribution is -2.50. The van der Waals surface area contributed by atoms with Gasteiger partial charge >= 0.3 is 0 Å². The van der Waals surface area contributed by atoms with Gasteiger partial charge in [-0.1, -0.05) is 48.5 Å². The Balaban J connectivity index is 1.53.